The van der Waals surface area contributed by atoms with Gasteiger partial charge >= 0.3 is 0 Å². The predicted molar refractivity (Wildman–Crippen MR) is 116 cm³/mol. The molecule has 1 fully saturated rings. The second-order valence-corrected chi connectivity index (χ2v) is 7.27. The average molecular weight is 387 g/mol. The maximum Gasteiger partial charge on any atom is 0.159 e. The molecule has 1 aliphatic heterocycles. The Balaban J connectivity index is 1.38. The second kappa shape index (κ2) is 8.84. The van der Waals surface area contributed by atoms with Crippen LogP contribution in [0.1, 0.15) is 22.8 Å². The molecule has 0 bridgehead atoms. The summed E-state index contributed by atoms with van der Waals surface area (Å²) < 4.78 is 0. The van der Waals surface area contributed by atoms with E-state index in [4.69, 9.17) is 0 Å². The Morgan fingerprint density at radius 2 is 1.76 bits per heavy atom. The Kier molecular flexibility index (Phi) is 5.81. The minimum Gasteiger partial charge on any atom is -0.354 e. The van der Waals surface area contributed by atoms with Crippen molar-refractivity contribution in [1.29, 1.82) is 0 Å². The Morgan fingerprint density at radius 3 is 2.52 bits per heavy atom. The van der Waals surface area contributed by atoms with E-state index < -0.39 is 0 Å². The van der Waals surface area contributed by atoms with Crippen LogP contribution in [0.3, 0.4) is 0 Å². The highest BCUT2D eigenvalue weighted by molar-refractivity contribution is 5.95. The number of Topliss-reactive ketones (excluding diaryl/α,β-unsaturated/α-hetero) is 1. The lowest BCUT2D eigenvalue weighted by Crippen LogP contribution is -2.46. The van der Waals surface area contributed by atoms with E-state index in [0.717, 1.165) is 50.0 Å². The first-order valence-corrected chi connectivity index (χ1v) is 9.89. The summed E-state index contributed by atoms with van der Waals surface area (Å²) in [6.45, 7) is 6.42. The standard InChI is InChI=1S/C23H25N5O/c1-18(29)20-8-5-9-21(14-20)26-22-15-23(25-17-24-22)28-12-10-27(11-13-28)16-19-6-3-2-4-7-19/h2-9,14-15,17H,10-13,16H2,1H3,(H,24,25,26). The summed E-state index contributed by atoms with van der Waals surface area (Å²) in [6, 6.07) is 20.0. The Bertz CT molecular complexity index is 968. The molecule has 4 rings (SSSR count). The van der Waals surface area contributed by atoms with E-state index in [9.17, 15) is 4.79 Å². The van der Waals surface area contributed by atoms with E-state index >= 15 is 0 Å². The number of piperazine rings is 1. The summed E-state index contributed by atoms with van der Waals surface area (Å²) in [5.74, 6) is 1.69. The van der Waals surface area contributed by atoms with Crippen LogP contribution in [0.2, 0.25) is 0 Å². The van der Waals surface area contributed by atoms with Gasteiger partial charge in [-0.15, -0.1) is 0 Å². The first kappa shape index (κ1) is 19.1. The zero-order valence-corrected chi connectivity index (χ0v) is 16.6. The number of nitrogens with one attached hydrogen (secondary N) is 1. The molecule has 0 unspecified atom stereocenters. The number of rotatable bonds is 6. The van der Waals surface area contributed by atoms with Gasteiger partial charge in [-0.2, -0.15) is 0 Å². The van der Waals surface area contributed by atoms with E-state index in [0.29, 0.717) is 5.56 Å². The number of carbonyl (C=O) groups is 1. The Labute approximate surface area is 171 Å². The minimum absolute atomic E-state index is 0.0467. The van der Waals surface area contributed by atoms with E-state index in [2.05, 4.69) is 55.4 Å². The Morgan fingerprint density at radius 1 is 0.966 bits per heavy atom. The van der Waals surface area contributed by atoms with Crippen LogP contribution in [0.4, 0.5) is 17.3 Å². The molecule has 1 saturated heterocycles. The lowest BCUT2D eigenvalue weighted by Gasteiger charge is -2.35. The minimum atomic E-state index is 0.0467. The molecular weight excluding hydrogens is 362 g/mol. The molecule has 0 amide bonds. The number of ketones is 1. The van der Waals surface area contributed by atoms with Crippen molar-refractivity contribution >= 4 is 23.1 Å². The van der Waals surface area contributed by atoms with Gasteiger partial charge in [0.2, 0.25) is 0 Å². The number of hydrogen-bond donors (Lipinski definition) is 1. The third kappa shape index (κ3) is 4.97. The van der Waals surface area contributed by atoms with E-state index in [1.54, 1.807) is 13.3 Å². The fraction of sp³-hybridized carbons (Fsp3) is 0.261. The van der Waals surface area contributed by atoms with Crippen LogP contribution in [0.5, 0.6) is 0 Å². The summed E-state index contributed by atoms with van der Waals surface area (Å²) in [5, 5.41) is 3.28. The van der Waals surface area contributed by atoms with Crippen LogP contribution in [0.15, 0.2) is 67.0 Å². The van der Waals surface area contributed by atoms with Gasteiger partial charge in [0.05, 0.1) is 0 Å². The molecule has 1 N–H and O–H groups in total. The third-order valence-corrected chi connectivity index (χ3v) is 5.14. The molecule has 0 radical (unpaired) electrons. The highest BCUT2D eigenvalue weighted by Gasteiger charge is 2.18. The number of hydrogen-bond acceptors (Lipinski definition) is 6. The summed E-state index contributed by atoms with van der Waals surface area (Å²) >= 11 is 0. The molecule has 0 aliphatic carbocycles. The maximum absolute atomic E-state index is 11.6. The number of nitrogens with zero attached hydrogens (tertiary/aromatic N) is 4. The Hall–Kier alpha value is -3.25. The van der Waals surface area contributed by atoms with Crippen molar-refractivity contribution < 1.29 is 4.79 Å². The van der Waals surface area contributed by atoms with Gasteiger partial charge in [0.1, 0.15) is 18.0 Å². The summed E-state index contributed by atoms with van der Waals surface area (Å²) in [6.07, 6.45) is 1.59. The lowest BCUT2D eigenvalue weighted by atomic mass is 10.1. The van der Waals surface area contributed by atoms with Crippen LogP contribution in [-0.4, -0.2) is 46.8 Å². The summed E-state index contributed by atoms with van der Waals surface area (Å²) in [7, 11) is 0. The topological polar surface area (TPSA) is 61.4 Å². The molecule has 29 heavy (non-hydrogen) atoms. The van der Waals surface area contributed by atoms with Crippen molar-refractivity contribution in [3.8, 4) is 0 Å². The predicted octanol–water partition coefficient (Wildman–Crippen LogP) is 3.75. The van der Waals surface area contributed by atoms with Gasteiger partial charge in [0.15, 0.2) is 5.78 Å². The van der Waals surface area contributed by atoms with E-state index in [-0.39, 0.29) is 5.78 Å². The first-order chi connectivity index (χ1) is 14.2. The molecule has 2 heterocycles. The van der Waals surface area contributed by atoms with Gasteiger partial charge in [0, 0.05) is 50.0 Å². The van der Waals surface area contributed by atoms with Gasteiger partial charge in [-0.1, -0.05) is 42.5 Å². The summed E-state index contributed by atoms with van der Waals surface area (Å²) in [4.78, 5) is 25.1. The third-order valence-electron chi connectivity index (χ3n) is 5.14. The highest BCUT2D eigenvalue weighted by Crippen LogP contribution is 2.21. The van der Waals surface area contributed by atoms with Crippen LogP contribution in [0.25, 0.3) is 0 Å². The van der Waals surface area contributed by atoms with Crippen molar-refractivity contribution in [3.63, 3.8) is 0 Å². The highest BCUT2D eigenvalue weighted by atomic mass is 16.1. The van der Waals surface area contributed by atoms with Crippen molar-refractivity contribution in [2.45, 2.75) is 13.5 Å². The van der Waals surface area contributed by atoms with Crippen LogP contribution >= 0.6 is 0 Å². The molecule has 148 valence electrons. The van der Waals surface area contributed by atoms with E-state index in [1.165, 1.54) is 5.56 Å². The number of carbonyl (C=O) groups excluding carboxylic acids is 1. The molecule has 1 aliphatic rings. The molecule has 3 aromatic rings. The van der Waals surface area contributed by atoms with Crippen molar-refractivity contribution in [3.05, 3.63) is 78.1 Å². The average Bonchev–Trinajstić information content (AvgIpc) is 2.75. The van der Waals surface area contributed by atoms with Gasteiger partial charge in [-0.25, -0.2) is 9.97 Å². The smallest absolute Gasteiger partial charge is 0.159 e. The summed E-state index contributed by atoms with van der Waals surface area (Å²) in [5.41, 5.74) is 2.87. The lowest BCUT2D eigenvalue weighted by molar-refractivity contribution is 0.101. The van der Waals surface area contributed by atoms with Gasteiger partial charge in [-0.3, -0.25) is 9.69 Å². The number of aromatic nitrogens is 2. The van der Waals surface area contributed by atoms with Crippen LogP contribution < -0.4 is 10.2 Å². The van der Waals surface area contributed by atoms with Crippen LogP contribution in [-0.2, 0) is 6.54 Å². The van der Waals surface area contributed by atoms with Crippen molar-refractivity contribution in [2.24, 2.45) is 0 Å². The molecule has 0 saturated carbocycles. The first-order valence-electron chi connectivity index (χ1n) is 9.89. The second-order valence-electron chi connectivity index (χ2n) is 7.27. The molecule has 2 aromatic carbocycles. The largest absolute Gasteiger partial charge is 0.354 e. The number of anilines is 3. The fourth-order valence-electron chi connectivity index (χ4n) is 3.53. The van der Waals surface area contributed by atoms with Crippen molar-refractivity contribution in [1.82, 2.24) is 14.9 Å². The van der Waals surface area contributed by atoms with Crippen molar-refractivity contribution in [2.75, 3.05) is 36.4 Å². The quantitative estimate of drug-likeness (QED) is 0.650. The molecule has 6 heteroatoms. The van der Waals surface area contributed by atoms with Gasteiger partial charge in [0.25, 0.3) is 0 Å². The monoisotopic (exact) mass is 387 g/mol. The zero-order valence-electron chi connectivity index (χ0n) is 16.6. The molecule has 0 spiro atoms. The molecule has 1 aromatic heterocycles. The zero-order chi connectivity index (χ0) is 20.1. The molecular formula is C23H25N5O. The SMILES string of the molecule is CC(=O)c1cccc(Nc2cc(N3CCN(Cc4ccccc4)CC3)ncn2)c1. The maximum atomic E-state index is 11.6. The normalized spacial score (nSPS) is 14.6. The van der Waals surface area contributed by atoms with Crippen LogP contribution in [0, 0.1) is 0 Å². The van der Waals surface area contributed by atoms with Gasteiger partial charge < -0.3 is 10.2 Å². The fourth-order valence-corrected chi connectivity index (χ4v) is 3.53. The molecule has 6 nitrogen and oxygen atoms in total. The molecule has 0 atom stereocenters. The van der Waals surface area contributed by atoms with Gasteiger partial charge in [-0.05, 0) is 24.6 Å². The van der Waals surface area contributed by atoms with E-state index in [1.807, 2.05) is 30.3 Å². The number of benzene rings is 2.